The Morgan fingerprint density at radius 2 is 2.25 bits per heavy atom. The summed E-state index contributed by atoms with van der Waals surface area (Å²) in [7, 11) is 0. The van der Waals surface area contributed by atoms with Crippen LogP contribution >= 0.6 is 0 Å². The molecule has 1 aromatic heterocycles. The average Bonchev–Trinajstić information content (AvgIpc) is 2.30. The van der Waals surface area contributed by atoms with Crippen molar-refractivity contribution < 1.29 is 14.4 Å². The Labute approximate surface area is 68.5 Å². The summed E-state index contributed by atoms with van der Waals surface area (Å²) in [4.78, 5) is 10.4. The van der Waals surface area contributed by atoms with Gasteiger partial charge >= 0.3 is 6.09 Å². The predicted octanol–water partition coefficient (Wildman–Crippen LogP) is 0.650. The van der Waals surface area contributed by atoms with E-state index in [1.807, 2.05) is 0 Å². The maximum atomic E-state index is 10.4. The fraction of sp³-hybridized carbons (Fsp3) is 0.333. The second-order valence-electron chi connectivity index (χ2n) is 2.33. The molecule has 0 atom stereocenters. The average molecular weight is 171 g/mol. The lowest BCUT2D eigenvalue weighted by Gasteiger charge is -2.10. The second kappa shape index (κ2) is 2.82. The zero-order valence-corrected chi connectivity index (χ0v) is 6.74. The molecule has 0 fully saturated rings. The van der Waals surface area contributed by atoms with E-state index in [1.165, 1.54) is 0 Å². The van der Waals surface area contributed by atoms with E-state index in [-0.39, 0.29) is 0 Å². The van der Waals surface area contributed by atoms with Gasteiger partial charge in [0, 0.05) is 0 Å². The van der Waals surface area contributed by atoms with Crippen molar-refractivity contribution in [3.8, 4) is 0 Å². The first-order valence-electron chi connectivity index (χ1n) is 3.24. The van der Waals surface area contributed by atoms with Crippen LogP contribution in [0.3, 0.4) is 0 Å². The standard InChI is InChI=1S/C6H9N3O3/c1-3-5(4(2)12-8-3)9(7)6(10)11/h7H2,1-2H3,(H,10,11). The minimum atomic E-state index is -1.25. The second-order valence-corrected chi connectivity index (χ2v) is 2.33. The summed E-state index contributed by atoms with van der Waals surface area (Å²) < 4.78 is 4.73. The van der Waals surface area contributed by atoms with Crippen LogP contribution in [-0.2, 0) is 0 Å². The number of hydrogen-bond acceptors (Lipinski definition) is 4. The van der Waals surface area contributed by atoms with E-state index < -0.39 is 6.09 Å². The first-order chi connectivity index (χ1) is 5.54. The largest absolute Gasteiger partial charge is 0.464 e. The molecule has 0 radical (unpaired) electrons. The van der Waals surface area contributed by atoms with Crippen LogP contribution < -0.4 is 10.9 Å². The molecule has 0 aliphatic heterocycles. The minimum absolute atomic E-state index is 0.294. The highest BCUT2D eigenvalue weighted by Gasteiger charge is 2.18. The Morgan fingerprint density at radius 1 is 1.67 bits per heavy atom. The van der Waals surface area contributed by atoms with Crippen LogP contribution in [0.25, 0.3) is 0 Å². The molecule has 1 rings (SSSR count). The normalized spacial score (nSPS) is 9.92. The maximum Gasteiger partial charge on any atom is 0.426 e. The molecule has 0 unspecified atom stereocenters. The van der Waals surface area contributed by atoms with Gasteiger partial charge in [0.2, 0.25) is 0 Å². The number of amides is 1. The minimum Gasteiger partial charge on any atom is -0.464 e. The molecular formula is C6H9N3O3. The molecule has 0 saturated carbocycles. The number of aryl methyl sites for hydroxylation is 2. The number of anilines is 1. The Hall–Kier alpha value is -1.56. The van der Waals surface area contributed by atoms with Gasteiger partial charge in [-0.3, -0.25) is 0 Å². The molecule has 0 saturated heterocycles. The van der Waals surface area contributed by atoms with E-state index in [4.69, 9.17) is 15.5 Å². The van der Waals surface area contributed by atoms with E-state index >= 15 is 0 Å². The topological polar surface area (TPSA) is 92.6 Å². The van der Waals surface area contributed by atoms with E-state index in [0.717, 1.165) is 0 Å². The van der Waals surface area contributed by atoms with E-state index in [0.29, 0.717) is 22.2 Å². The number of nitrogens with two attached hydrogens (primary N) is 1. The number of aromatic nitrogens is 1. The van der Waals surface area contributed by atoms with Gasteiger partial charge < -0.3 is 9.63 Å². The van der Waals surface area contributed by atoms with E-state index in [9.17, 15) is 4.79 Å². The number of hydrogen-bond donors (Lipinski definition) is 2. The highest BCUT2D eigenvalue weighted by molar-refractivity contribution is 5.85. The van der Waals surface area contributed by atoms with Gasteiger partial charge in [0.25, 0.3) is 0 Å². The molecule has 6 heteroatoms. The fourth-order valence-corrected chi connectivity index (χ4v) is 0.918. The van der Waals surface area contributed by atoms with Gasteiger partial charge in [0.05, 0.1) is 0 Å². The molecule has 1 heterocycles. The summed E-state index contributed by atoms with van der Waals surface area (Å²) in [5.74, 6) is 5.60. The van der Waals surface area contributed by atoms with Gasteiger partial charge in [-0.2, -0.15) is 0 Å². The van der Waals surface area contributed by atoms with Gasteiger partial charge in [-0.1, -0.05) is 5.16 Å². The third-order valence-corrected chi connectivity index (χ3v) is 1.44. The van der Waals surface area contributed by atoms with Crippen molar-refractivity contribution in [3.05, 3.63) is 11.5 Å². The highest BCUT2D eigenvalue weighted by Crippen LogP contribution is 2.21. The van der Waals surface area contributed by atoms with Gasteiger partial charge in [-0.15, -0.1) is 0 Å². The van der Waals surface area contributed by atoms with Crippen LogP contribution in [0.5, 0.6) is 0 Å². The molecule has 0 spiro atoms. The van der Waals surface area contributed by atoms with Crippen molar-refractivity contribution in [2.45, 2.75) is 13.8 Å². The lowest BCUT2D eigenvalue weighted by atomic mass is 10.3. The summed E-state index contributed by atoms with van der Waals surface area (Å²) in [6.07, 6.45) is -1.25. The van der Waals surface area contributed by atoms with Crippen molar-refractivity contribution in [1.82, 2.24) is 5.16 Å². The lowest BCUT2D eigenvalue weighted by Crippen LogP contribution is -2.36. The quantitative estimate of drug-likeness (QED) is 0.367. The van der Waals surface area contributed by atoms with Gasteiger partial charge in [0.15, 0.2) is 5.76 Å². The molecule has 1 aromatic rings. The van der Waals surface area contributed by atoms with Crippen molar-refractivity contribution in [2.24, 2.45) is 5.84 Å². The van der Waals surface area contributed by atoms with Gasteiger partial charge in [-0.05, 0) is 13.8 Å². The Bertz CT molecular complexity index is 287. The molecule has 0 aliphatic carbocycles. The van der Waals surface area contributed by atoms with Crippen molar-refractivity contribution in [1.29, 1.82) is 0 Å². The number of rotatable bonds is 1. The van der Waals surface area contributed by atoms with Crippen LogP contribution in [0.2, 0.25) is 0 Å². The molecule has 0 aromatic carbocycles. The van der Waals surface area contributed by atoms with Crippen LogP contribution in [0, 0.1) is 13.8 Å². The van der Waals surface area contributed by atoms with Crippen LogP contribution in [0.15, 0.2) is 4.52 Å². The fourth-order valence-electron chi connectivity index (χ4n) is 0.918. The van der Waals surface area contributed by atoms with Gasteiger partial charge in [0.1, 0.15) is 11.4 Å². The summed E-state index contributed by atoms with van der Waals surface area (Å²) in [6, 6.07) is 0. The molecule has 0 bridgehead atoms. The van der Waals surface area contributed by atoms with Crippen LogP contribution in [-0.4, -0.2) is 16.4 Å². The highest BCUT2D eigenvalue weighted by atomic mass is 16.5. The summed E-state index contributed by atoms with van der Waals surface area (Å²) in [5, 5.41) is 12.7. The Kier molecular flexibility index (Phi) is 2.01. The van der Waals surface area contributed by atoms with Crippen molar-refractivity contribution >= 4 is 11.8 Å². The molecular weight excluding hydrogens is 162 g/mol. The lowest BCUT2D eigenvalue weighted by molar-refractivity contribution is 0.201. The van der Waals surface area contributed by atoms with Crippen LogP contribution in [0.4, 0.5) is 10.5 Å². The van der Waals surface area contributed by atoms with E-state index in [1.54, 1.807) is 13.8 Å². The SMILES string of the molecule is Cc1noc(C)c1N(N)C(=O)O. The first kappa shape index (κ1) is 8.54. The van der Waals surface area contributed by atoms with E-state index in [2.05, 4.69) is 5.16 Å². The third kappa shape index (κ3) is 1.24. The summed E-state index contributed by atoms with van der Waals surface area (Å²) in [6.45, 7) is 3.22. The number of carboxylic acid groups (broad SMARTS) is 1. The summed E-state index contributed by atoms with van der Waals surface area (Å²) in [5.41, 5.74) is 0.750. The van der Waals surface area contributed by atoms with Gasteiger partial charge in [-0.25, -0.2) is 15.6 Å². The zero-order chi connectivity index (χ0) is 9.30. The third-order valence-electron chi connectivity index (χ3n) is 1.44. The zero-order valence-electron chi connectivity index (χ0n) is 6.74. The number of hydrazine groups is 1. The molecule has 66 valence electrons. The smallest absolute Gasteiger partial charge is 0.426 e. The summed E-state index contributed by atoms with van der Waals surface area (Å²) >= 11 is 0. The molecule has 12 heavy (non-hydrogen) atoms. The number of carbonyl (C=O) groups is 1. The first-order valence-corrected chi connectivity index (χ1v) is 3.24. The molecule has 3 N–H and O–H groups in total. The van der Waals surface area contributed by atoms with Crippen molar-refractivity contribution in [2.75, 3.05) is 5.01 Å². The monoisotopic (exact) mass is 171 g/mol. The van der Waals surface area contributed by atoms with Crippen molar-refractivity contribution in [3.63, 3.8) is 0 Å². The molecule has 6 nitrogen and oxygen atoms in total. The molecule has 1 amide bonds. The Balaban J connectivity index is 3.08. The maximum absolute atomic E-state index is 10.4. The predicted molar refractivity (Wildman–Crippen MR) is 40.7 cm³/mol. The Morgan fingerprint density at radius 3 is 2.58 bits per heavy atom. The number of nitrogens with zero attached hydrogens (tertiary/aromatic N) is 2. The van der Waals surface area contributed by atoms with Crippen LogP contribution in [0.1, 0.15) is 11.5 Å². The molecule has 0 aliphatic rings.